The molecule has 0 saturated carbocycles. The monoisotopic (exact) mass is 327 g/mol. The third kappa shape index (κ3) is 4.69. The number of rotatable bonds is 10. The van der Waals surface area contributed by atoms with Gasteiger partial charge in [-0.3, -0.25) is 9.69 Å². The third-order valence-corrected chi connectivity index (χ3v) is 6.28. The summed E-state index contributed by atoms with van der Waals surface area (Å²) in [5.74, 6) is -0.695. The van der Waals surface area contributed by atoms with Crippen LogP contribution < -0.4 is 0 Å². The lowest BCUT2D eigenvalue weighted by atomic mass is 9.70. The first-order valence-electron chi connectivity index (χ1n) is 9.57. The van der Waals surface area contributed by atoms with Crippen LogP contribution in [0.4, 0.5) is 0 Å². The standard InChI is InChI=1S/C19H37NO3/c1-5-18(6-2)14-16(21)15-19(7-3,8-4)20(18)13-11-9-10-12-17(22)23/h16,21H,5-15H2,1-4H3,(H,22,23). The number of carboxylic acid groups (broad SMARTS) is 1. The van der Waals surface area contributed by atoms with E-state index in [1.165, 1.54) is 0 Å². The molecule has 0 aromatic heterocycles. The van der Waals surface area contributed by atoms with Crippen LogP contribution in [0.15, 0.2) is 0 Å². The van der Waals surface area contributed by atoms with Gasteiger partial charge in [0, 0.05) is 17.5 Å². The van der Waals surface area contributed by atoms with Crippen LogP contribution in [0.1, 0.15) is 91.9 Å². The zero-order valence-corrected chi connectivity index (χ0v) is 15.6. The Balaban J connectivity index is 2.85. The number of likely N-dealkylation sites (tertiary alicyclic amines) is 1. The van der Waals surface area contributed by atoms with Gasteiger partial charge < -0.3 is 10.2 Å². The highest BCUT2D eigenvalue weighted by Crippen LogP contribution is 2.46. The molecule has 1 rings (SSSR count). The van der Waals surface area contributed by atoms with Gasteiger partial charge in [-0.1, -0.05) is 34.1 Å². The van der Waals surface area contributed by atoms with Crippen molar-refractivity contribution in [1.29, 1.82) is 0 Å². The highest BCUT2D eigenvalue weighted by molar-refractivity contribution is 5.66. The molecule has 4 nitrogen and oxygen atoms in total. The molecule has 2 N–H and O–H groups in total. The Morgan fingerprint density at radius 2 is 1.43 bits per heavy atom. The smallest absolute Gasteiger partial charge is 0.303 e. The van der Waals surface area contributed by atoms with Crippen LogP contribution >= 0.6 is 0 Å². The minimum Gasteiger partial charge on any atom is -0.481 e. The molecule has 0 bridgehead atoms. The van der Waals surface area contributed by atoms with Crippen LogP contribution in [-0.4, -0.2) is 44.8 Å². The largest absolute Gasteiger partial charge is 0.481 e. The minimum absolute atomic E-state index is 0.0937. The van der Waals surface area contributed by atoms with Crippen molar-refractivity contribution in [2.75, 3.05) is 6.54 Å². The zero-order valence-electron chi connectivity index (χ0n) is 15.6. The summed E-state index contributed by atoms with van der Waals surface area (Å²) in [6.07, 6.45) is 8.88. The maximum atomic E-state index is 10.7. The van der Waals surface area contributed by atoms with Crippen molar-refractivity contribution in [3.63, 3.8) is 0 Å². The van der Waals surface area contributed by atoms with Crippen molar-refractivity contribution in [2.45, 2.75) is 109 Å². The fourth-order valence-electron chi connectivity index (χ4n) is 4.71. The minimum atomic E-state index is -0.695. The third-order valence-electron chi connectivity index (χ3n) is 6.28. The quantitative estimate of drug-likeness (QED) is 0.590. The van der Waals surface area contributed by atoms with E-state index in [0.717, 1.165) is 64.3 Å². The van der Waals surface area contributed by atoms with Crippen molar-refractivity contribution < 1.29 is 15.0 Å². The summed E-state index contributed by atoms with van der Waals surface area (Å²) in [6.45, 7) is 10.0. The van der Waals surface area contributed by atoms with Gasteiger partial charge in [0.15, 0.2) is 0 Å². The predicted molar refractivity (Wildman–Crippen MR) is 94.7 cm³/mol. The summed E-state index contributed by atoms with van der Waals surface area (Å²) in [5, 5.41) is 19.3. The Hall–Kier alpha value is -0.610. The fraction of sp³-hybridized carbons (Fsp3) is 0.947. The van der Waals surface area contributed by atoms with E-state index in [4.69, 9.17) is 5.11 Å². The SMILES string of the molecule is CCC1(CC)CC(O)CC(CC)(CC)N1CCCCCC(=O)O. The topological polar surface area (TPSA) is 60.8 Å². The number of hydrogen-bond donors (Lipinski definition) is 2. The van der Waals surface area contributed by atoms with E-state index in [0.29, 0.717) is 0 Å². The fourth-order valence-corrected chi connectivity index (χ4v) is 4.71. The van der Waals surface area contributed by atoms with Gasteiger partial charge in [0.25, 0.3) is 0 Å². The lowest BCUT2D eigenvalue weighted by Crippen LogP contribution is -2.66. The van der Waals surface area contributed by atoms with E-state index in [1.54, 1.807) is 0 Å². The van der Waals surface area contributed by atoms with Gasteiger partial charge in [-0.15, -0.1) is 0 Å². The lowest BCUT2D eigenvalue weighted by molar-refractivity contribution is -0.137. The van der Waals surface area contributed by atoms with Crippen molar-refractivity contribution in [3.05, 3.63) is 0 Å². The molecule has 0 aliphatic carbocycles. The van der Waals surface area contributed by atoms with Crippen LogP contribution in [0.25, 0.3) is 0 Å². The normalized spacial score (nSPS) is 21.4. The second kappa shape index (κ2) is 9.03. The molecule has 1 fully saturated rings. The molecule has 0 unspecified atom stereocenters. The molecule has 0 spiro atoms. The Bertz CT molecular complexity index is 340. The molecule has 0 aromatic carbocycles. The predicted octanol–water partition coefficient (Wildman–Crippen LogP) is 4.21. The molecular formula is C19H37NO3. The van der Waals surface area contributed by atoms with Crippen LogP contribution in [0.2, 0.25) is 0 Å². The van der Waals surface area contributed by atoms with E-state index in [-0.39, 0.29) is 23.6 Å². The van der Waals surface area contributed by atoms with Crippen LogP contribution in [0.5, 0.6) is 0 Å². The number of aliphatic carboxylic acids is 1. The van der Waals surface area contributed by atoms with Gasteiger partial charge >= 0.3 is 5.97 Å². The van der Waals surface area contributed by atoms with Gasteiger partial charge in [0.2, 0.25) is 0 Å². The second-order valence-electron chi connectivity index (χ2n) is 7.28. The van der Waals surface area contributed by atoms with Crippen molar-refractivity contribution in [3.8, 4) is 0 Å². The van der Waals surface area contributed by atoms with E-state index < -0.39 is 5.97 Å². The highest BCUT2D eigenvalue weighted by Gasteiger charge is 2.50. The summed E-state index contributed by atoms with van der Waals surface area (Å²) >= 11 is 0. The molecule has 0 amide bonds. The number of carboxylic acids is 1. The molecular weight excluding hydrogens is 290 g/mol. The number of hydrogen-bond acceptors (Lipinski definition) is 3. The number of aliphatic hydroxyl groups excluding tert-OH is 1. The molecule has 0 atom stereocenters. The lowest BCUT2D eigenvalue weighted by Gasteiger charge is -2.59. The Morgan fingerprint density at radius 3 is 1.83 bits per heavy atom. The number of piperidine rings is 1. The molecule has 136 valence electrons. The maximum absolute atomic E-state index is 10.7. The highest BCUT2D eigenvalue weighted by atomic mass is 16.4. The van der Waals surface area contributed by atoms with Gasteiger partial charge in [0.1, 0.15) is 0 Å². The molecule has 0 radical (unpaired) electrons. The van der Waals surface area contributed by atoms with Gasteiger partial charge in [-0.25, -0.2) is 0 Å². The summed E-state index contributed by atoms with van der Waals surface area (Å²) < 4.78 is 0. The van der Waals surface area contributed by atoms with Crippen LogP contribution in [0, 0.1) is 0 Å². The first kappa shape index (κ1) is 20.4. The molecule has 4 heteroatoms. The molecule has 1 aliphatic heterocycles. The number of unbranched alkanes of at least 4 members (excludes halogenated alkanes) is 2. The van der Waals surface area contributed by atoms with Crippen molar-refractivity contribution in [1.82, 2.24) is 4.90 Å². The number of nitrogens with zero attached hydrogens (tertiary/aromatic N) is 1. The molecule has 1 aliphatic rings. The molecule has 1 heterocycles. The molecule has 23 heavy (non-hydrogen) atoms. The zero-order chi connectivity index (χ0) is 17.5. The first-order chi connectivity index (χ1) is 10.9. The van der Waals surface area contributed by atoms with E-state index in [9.17, 15) is 9.90 Å². The van der Waals surface area contributed by atoms with Crippen LogP contribution in [-0.2, 0) is 4.79 Å². The second-order valence-corrected chi connectivity index (χ2v) is 7.28. The Morgan fingerprint density at radius 1 is 0.957 bits per heavy atom. The van der Waals surface area contributed by atoms with E-state index >= 15 is 0 Å². The Kier molecular flexibility index (Phi) is 8.02. The Labute approximate surface area is 142 Å². The van der Waals surface area contributed by atoms with Crippen molar-refractivity contribution in [2.24, 2.45) is 0 Å². The van der Waals surface area contributed by atoms with Crippen molar-refractivity contribution >= 4 is 5.97 Å². The molecule has 1 saturated heterocycles. The van der Waals surface area contributed by atoms with E-state index in [2.05, 4.69) is 32.6 Å². The van der Waals surface area contributed by atoms with Crippen LogP contribution in [0.3, 0.4) is 0 Å². The first-order valence-corrected chi connectivity index (χ1v) is 9.57. The average Bonchev–Trinajstić information content (AvgIpc) is 2.54. The van der Waals surface area contributed by atoms with Gasteiger partial charge in [-0.2, -0.15) is 0 Å². The van der Waals surface area contributed by atoms with E-state index in [1.807, 2.05) is 0 Å². The number of carbonyl (C=O) groups is 1. The summed E-state index contributed by atoms with van der Waals surface area (Å²) in [5.41, 5.74) is 0.187. The average molecular weight is 328 g/mol. The number of aliphatic hydroxyl groups is 1. The molecule has 0 aromatic rings. The summed E-state index contributed by atoms with van der Waals surface area (Å²) in [6, 6.07) is 0. The van der Waals surface area contributed by atoms with Gasteiger partial charge in [0.05, 0.1) is 6.10 Å². The maximum Gasteiger partial charge on any atom is 0.303 e. The summed E-state index contributed by atoms with van der Waals surface area (Å²) in [4.78, 5) is 13.4. The summed E-state index contributed by atoms with van der Waals surface area (Å²) in [7, 11) is 0. The van der Waals surface area contributed by atoms with Gasteiger partial charge in [-0.05, 0) is 57.9 Å².